The summed E-state index contributed by atoms with van der Waals surface area (Å²) in [4.78, 5) is 27.1. The van der Waals surface area contributed by atoms with Gasteiger partial charge >= 0.3 is 0 Å². The molecule has 194 valence electrons. The van der Waals surface area contributed by atoms with E-state index in [0.717, 1.165) is 20.1 Å². The first-order valence-corrected chi connectivity index (χ1v) is 14.4. The van der Waals surface area contributed by atoms with Gasteiger partial charge in [0.2, 0.25) is 0 Å². The number of benzene rings is 2. The van der Waals surface area contributed by atoms with Crippen LogP contribution in [0.4, 0.5) is 0 Å². The highest BCUT2D eigenvalue weighted by Crippen LogP contribution is 2.54. The standard InChI is InChI=1S/C30H29Br2ClO4/c1-29(2)11-21(34)26-23(13-29)37-24-14-30(3,4)12-22(35)27(24)25(26)17-9-18(31)28(19(32)10-17)36-15-16-7-5-6-8-20(16)33/h5-10,25H,11-15H2,1-4H3. The van der Waals surface area contributed by atoms with Crippen molar-refractivity contribution < 1.29 is 19.1 Å². The molecule has 2 aliphatic carbocycles. The minimum absolute atomic E-state index is 0.0479. The number of ketones is 2. The van der Waals surface area contributed by atoms with Gasteiger partial charge in [0.1, 0.15) is 23.9 Å². The van der Waals surface area contributed by atoms with Crippen molar-refractivity contribution in [3.63, 3.8) is 0 Å². The predicted octanol–water partition coefficient (Wildman–Crippen LogP) is 8.84. The minimum atomic E-state index is -0.462. The van der Waals surface area contributed by atoms with Crippen LogP contribution in [0.2, 0.25) is 5.02 Å². The van der Waals surface area contributed by atoms with E-state index in [9.17, 15) is 9.59 Å². The third-order valence-electron chi connectivity index (χ3n) is 7.27. The molecular weight excluding hydrogens is 620 g/mol. The lowest BCUT2D eigenvalue weighted by Gasteiger charge is -2.42. The lowest BCUT2D eigenvalue weighted by Crippen LogP contribution is -2.37. The lowest BCUT2D eigenvalue weighted by molar-refractivity contribution is -0.120. The Morgan fingerprint density at radius 3 is 1.92 bits per heavy atom. The van der Waals surface area contributed by atoms with Gasteiger partial charge in [-0.2, -0.15) is 0 Å². The topological polar surface area (TPSA) is 52.6 Å². The fraction of sp³-hybridized carbons (Fsp3) is 0.400. The summed E-state index contributed by atoms with van der Waals surface area (Å²) in [5.41, 5.74) is 2.60. The third-order valence-corrected chi connectivity index (χ3v) is 8.81. The highest BCUT2D eigenvalue weighted by Gasteiger charge is 2.48. The van der Waals surface area contributed by atoms with Crippen molar-refractivity contribution >= 4 is 55.0 Å². The molecule has 1 heterocycles. The Kier molecular flexibility index (Phi) is 7.00. The summed E-state index contributed by atoms with van der Waals surface area (Å²) in [5.74, 6) is 1.68. The molecule has 1 aliphatic heterocycles. The summed E-state index contributed by atoms with van der Waals surface area (Å²) < 4.78 is 14.0. The van der Waals surface area contributed by atoms with Crippen LogP contribution in [0.1, 0.15) is 70.4 Å². The molecule has 5 rings (SSSR count). The van der Waals surface area contributed by atoms with Crippen molar-refractivity contribution in [1.29, 1.82) is 0 Å². The fourth-order valence-electron chi connectivity index (χ4n) is 5.66. The number of hydrogen-bond donors (Lipinski definition) is 0. The molecule has 0 spiro atoms. The molecule has 0 N–H and O–H groups in total. The van der Waals surface area contributed by atoms with E-state index in [2.05, 4.69) is 59.6 Å². The second kappa shape index (κ2) is 9.69. The van der Waals surface area contributed by atoms with Crippen LogP contribution in [-0.2, 0) is 20.9 Å². The quantitative estimate of drug-likeness (QED) is 0.333. The molecule has 7 heteroatoms. The number of hydrogen-bond acceptors (Lipinski definition) is 4. The first-order chi connectivity index (χ1) is 17.3. The van der Waals surface area contributed by atoms with Crippen LogP contribution in [-0.4, -0.2) is 11.6 Å². The summed E-state index contributed by atoms with van der Waals surface area (Å²) >= 11 is 13.7. The van der Waals surface area contributed by atoms with E-state index >= 15 is 0 Å². The Hall–Kier alpha value is -1.89. The molecule has 0 atom stereocenters. The van der Waals surface area contributed by atoms with Gasteiger partial charge in [-0.1, -0.05) is 57.5 Å². The predicted molar refractivity (Wildman–Crippen MR) is 152 cm³/mol. The van der Waals surface area contributed by atoms with Crippen molar-refractivity contribution in [1.82, 2.24) is 0 Å². The monoisotopic (exact) mass is 646 g/mol. The van der Waals surface area contributed by atoms with E-state index in [1.807, 2.05) is 36.4 Å². The molecule has 3 aliphatic rings. The number of ether oxygens (including phenoxy) is 2. The van der Waals surface area contributed by atoms with Gasteiger partial charge in [-0.25, -0.2) is 0 Å². The van der Waals surface area contributed by atoms with E-state index in [1.54, 1.807) is 0 Å². The molecule has 0 amide bonds. The number of rotatable bonds is 4. The zero-order chi connectivity index (χ0) is 26.7. The summed E-state index contributed by atoms with van der Waals surface area (Å²) in [7, 11) is 0. The van der Waals surface area contributed by atoms with E-state index in [4.69, 9.17) is 21.1 Å². The van der Waals surface area contributed by atoms with Gasteiger partial charge in [-0.05, 0) is 66.5 Å². The highest BCUT2D eigenvalue weighted by atomic mass is 79.9. The van der Waals surface area contributed by atoms with Crippen molar-refractivity contribution in [3.8, 4) is 5.75 Å². The van der Waals surface area contributed by atoms with Crippen molar-refractivity contribution in [2.75, 3.05) is 0 Å². The first-order valence-electron chi connectivity index (χ1n) is 12.4. The number of Topliss-reactive ketones (excluding diaryl/α,β-unsaturated/α-hetero) is 2. The average molecular weight is 649 g/mol. The van der Waals surface area contributed by atoms with Crippen molar-refractivity contribution in [3.05, 3.63) is 84.2 Å². The Bertz CT molecular complexity index is 1310. The Morgan fingerprint density at radius 2 is 1.41 bits per heavy atom. The summed E-state index contributed by atoms with van der Waals surface area (Å²) in [6.07, 6.45) is 2.18. The second-order valence-corrected chi connectivity index (χ2v) is 13.9. The maximum absolute atomic E-state index is 13.5. The number of halogens is 3. The molecule has 2 aromatic rings. The van der Waals surface area contributed by atoms with Crippen molar-refractivity contribution in [2.45, 2.75) is 65.9 Å². The van der Waals surface area contributed by atoms with Gasteiger partial charge in [0, 0.05) is 53.3 Å². The molecule has 37 heavy (non-hydrogen) atoms. The third kappa shape index (κ3) is 5.22. The van der Waals surface area contributed by atoms with Crippen molar-refractivity contribution in [2.24, 2.45) is 10.8 Å². The van der Waals surface area contributed by atoms with Crippen LogP contribution in [0, 0.1) is 10.8 Å². The summed E-state index contributed by atoms with van der Waals surface area (Å²) in [6, 6.07) is 11.5. The van der Waals surface area contributed by atoms with Crippen LogP contribution in [0.3, 0.4) is 0 Å². The number of carbonyl (C=O) groups is 2. The maximum atomic E-state index is 13.5. The summed E-state index contributed by atoms with van der Waals surface area (Å²) in [6.45, 7) is 8.66. The lowest BCUT2D eigenvalue weighted by atomic mass is 9.65. The molecule has 0 saturated heterocycles. The van der Waals surface area contributed by atoms with Crippen LogP contribution < -0.4 is 4.74 Å². The molecular formula is C30H29Br2ClO4. The molecule has 0 radical (unpaired) electrons. The molecule has 4 nitrogen and oxygen atoms in total. The normalized spacial score (nSPS) is 20.9. The molecule has 0 aromatic heterocycles. The van der Waals surface area contributed by atoms with E-state index in [1.165, 1.54) is 0 Å². The number of carbonyl (C=O) groups excluding carboxylic acids is 2. The Balaban J connectivity index is 1.58. The highest BCUT2D eigenvalue weighted by molar-refractivity contribution is 9.11. The Labute approximate surface area is 239 Å². The second-order valence-electron chi connectivity index (χ2n) is 11.8. The van der Waals surface area contributed by atoms with Gasteiger partial charge in [-0.3, -0.25) is 9.59 Å². The zero-order valence-corrected chi connectivity index (χ0v) is 25.3. The van der Waals surface area contributed by atoms with Gasteiger partial charge < -0.3 is 9.47 Å². The molecule has 2 aromatic carbocycles. The number of allylic oxidation sites excluding steroid dienone is 4. The molecule has 0 unspecified atom stereocenters. The fourth-order valence-corrected chi connectivity index (χ4v) is 7.30. The van der Waals surface area contributed by atoms with Gasteiger partial charge in [0.05, 0.1) is 8.95 Å². The van der Waals surface area contributed by atoms with E-state index in [-0.39, 0.29) is 22.4 Å². The average Bonchev–Trinajstić information content (AvgIpc) is 2.76. The van der Waals surface area contributed by atoms with Crippen LogP contribution in [0.5, 0.6) is 5.75 Å². The van der Waals surface area contributed by atoms with Crippen LogP contribution >= 0.6 is 43.5 Å². The first kappa shape index (κ1) is 26.7. The van der Waals surface area contributed by atoms with Gasteiger partial charge in [0.15, 0.2) is 11.6 Å². The molecule has 0 saturated carbocycles. The molecule has 0 fully saturated rings. The largest absolute Gasteiger partial charge is 0.486 e. The maximum Gasteiger partial charge on any atom is 0.163 e. The summed E-state index contributed by atoms with van der Waals surface area (Å²) in [5, 5.41) is 0.643. The van der Waals surface area contributed by atoms with Gasteiger partial charge in [0.25, 0.3) is 0 Å². The van der Waals surface area contributed by atoms with E-state index in [0.29, 0.717) is 65.7 Å². The van der Waals surface area contributed by atoms with Crippen LogP contribution in [0.25, 0.3) is 0 Å². The minimum Gasteiger partial charge on any atom is -0.486 e. The van der Waals surface area contributed by atoms with Crippen LogP contribution in [0.15, 0.2) is 68.0 Å². The van der Waals surface area contributed by atoms with E-state index < -0.39 is 5.92 Å². The smallest absolute Gasteiger partial charge is 0.163 e. The Morgan fingerprint density at radius 1 is 0.892 bits per heavy atom. The molecule has 0 bridgehead atoms. The van der Waals surface area contributed by atoms with Gasteiger partial charge in [-0.15, -0.1) is 0 Å². The SMILES string of the molecule is CC1(C)CC(=O)C2=C(C1)OC1=C(C(=O)CC(C)(C)C1)C2c1cc(Br)c(OCc2ccccc2Cl)c(Br)c1. The zero-order valence-electron chi connectivity index (χ0n) is 21.3.